The molecule has 1 aliphatic rings. The lowest BCUT2D eigenvalue weighted by atomic mass is 10.3. The predicted octanol–water partition coefficient (Wildman–Crippen LogP) is -1.06. The van der Waals surface area contributed by atoms with Crippen molar-refractivity contribution in [2.75, 3.05) is 26.2 Å². The molecule has 1 aliphatic heterocycles. The summed E-state index contributed by atoms with van der Waals surface area (Å²) in [5.41, 5.74) is 0. The molecule has 1 atom stereocenters. The lowest BCUT2D eigenvalue weighted by molar-refractivity contribution is -0.136. The summed E-state index contributed by atoms with van der Waals surface area (Å²) >= 11 is 0. The molecule has 106 valence electrons. The maximum atomic E-state index is 11.8. The zero-order valence-electron chi connectivity index (χ0n) is 10.5. The molecule has 0 aliphatic carbocycles. The molecule has 1 aromatic heterocycles. The monoisotopic (exact) mass is 288 g/mol. The molecular weight excluding hydrogens is 272 g/mol. The van der Waals surface area contributed by atoms with Gasteiger partial charge in [0.2, 0.25) is 15.9 Å². The van der Waals surface area contributed by atoms with Crippen LogP contribution in [0, 0.1) is 0 Å². The van der Waals surface area contributed by atoms with Crippen LogP contribution in [0.3, 0.4) is 0 Å². The Morgan fingerprint density at radius 3 is 3.11 bits per heavy atom. The summed E-state index contributed by atoms with van der Waals surface area (Å²) in [7, 11) is -3.58. The number of aromatic amines is 1. The third-order valence-corrected chi connectivity index (χ3v) is 4.26. The number of sulfonamides is 1. The average Bonchev–Trinajstić information content (AvgIpc) is 2.91. The highest BCUT2D eigenvalue weighted by Gasteiger charge is 2.24. The summed E-state index contributed by atoms with van der Waals surface area (Å²) in [4.78, 5) is 13.0. The van der Waals surface area contributed by atoms with E-state index in [0.29, 0.717) is 19.7 Å². The van der Waals surface area contributed by atoms with E-state index in [1.54, 1.807) is 4.90 Å². The molecule has 1 fully saturated rings. The first-order valence-corrected chi connectivity index (χ1v) is 7.33. The predicted molar refractivity (Wildman–Crippen MR) is 65.8 cm³/mol. The van der Waals surface area contributed by atoms with Crippen molar-refractivity contribution in [3.63, 3.8) is 0 Å². The third kappa shape index (κ3) is 3.52. The molecule has 0 unspecified atom stereocenters. The van der Waals surface area contributed by atoms with Crippen LogP contribution in [-0.4, -0.2) is 61.8 Å². The third-order valence-electron chi connectivity index (χ3n) is 2.87. The smallest absolute Gasteiger partial charge is 0.243 e. The van der Waals surface area contributed by atoms with Gasteiger partial charge in [-0.1, -0.05) is 0 Å². The van der Waals surface area contributed by atoms with Crippen LogP contribution in [0.2, 0.25) is 0 Å². The summed E-state index contributed by atoms with van der Waals surface area (Å²) in [6.07, 6.45) is 2.19. The average molecular weight is 288 g/mol. The van der Waals surface area contributed by atoms with Gasteiger partial charge in [0.15, 0.2) is 0 Å². The molecule has 8 nitrogen and oxygen atoms in total. The van der Waals surface area contributed by atoms with Gasteiger partial charge in [-0.15, -0.1) is 0 Å². The highest BCUT2D eigenvalue weighted by atomic mass is 32.2. The van der Waals surface area contributed by atoms with Crippen LogP contribution in [0.15, 0.2) is 17.3 Å². The van der Waals surface area contributed by atoms with Crippen LogP contribution >= 0.6 is 0 Å². The van der Waals surface area contributed by atoms with Crippen molar-refractivity contribution in [3.05, 3.63) is 12.4 Å². The van der Waals surface area contributed by atoms with Crippen molar-refractivity contribution < 1.29 is 17.9 Å². The number of aromatic nitrogens is 2. The van der Waals surface area contributed by atoms with Gasteiger partial charge in [-0.2, -0.15) is 5.10 Å². The summed E-state index contributed by atoms with van der Waals surface area (Å²) in [5, 5.41) is 6.03. The van der Waals surface area contributed by atoms with Gasteiger partial charge in [-0.05, 0) is 0 Å². The lowest BCUT2D eigenvalue weighted by Gasteiger charge is -2.32. The first-order valence-electron chi connectivity index (χ1n) is 5.84. The van der Waals surface area contributed by atoms with Crippen molar-refractivity contribution in [3.8, 4) is 0 Å². The number of nitrogens with one attached hydrogen (secondary N) is 2. The highest BCUT2D eigenvalue weighted by Crippen LogP contribution is 2.08. The Kier molecular flexibility index (Phi) is 4.17. The maximum absolute atomic E-state index is 11.8. The van der Waals surface area contributed by atoms with Gasteiger partial charge < -0.3 is 9.64 Å². The minimum atomic E-state index is -3.58. The van der Waals surface area contributed by atoms with E-state index in [4.69, 9.17) is 4.74 Å². The number of rotatable bonds is 4. The summed E-state index contributed by atoms with van der Waals surface area (Å²) < 4.78 is 31.6. The molecule has 1 saturated heterocycles. The van der Waals surface area contributed by atoms with Crippen LogP contribution in [0.1, 0.15) is 6.92 Å². The van der Waals surface area contributed by atoms with Crippen LogP contribution in [-0.2, 0) is 19.6 Å². The molecule has 2 heterocycles. The van der Waals surface area contributed by atoms with E-state index in [9.17, 15) is 13.2 Å². The van der Waals surface area contributed by atoms with Crippen molar-refractivity contribution in [1.82, 2.24) is 19.8 Å². The summed E-state index contributed by atoms with van der Waals surface area (Å²) in [6, 6.07) is 0. The molecule has 9 heteroatoms. The van der Waals surface area contributed by atoms with E-state index < -0.39 is 10.0 Å². The molecule has 1 amide bonds. The Morgan fingerprint density at radius 1 is 1.68 bits per heavy atom. The molecule has 0 bridgehead atoms. The zero-order chi connectivity index (χ0) is 13.9. The van der Waals surface area contributed by atoms with E-state index in [1.165, 1.54) is 19.3 Å². The minimum Gasteiger partial charge on any atom is -0.373 e. The number of morpholine rings is 1. The molecule has 2 N–H and O–H groups in total. The van der Waals surface area contributed by atoms with Gasteiger partial charge in [-0.3, -0.25) is 9.89 Å². The van der Waals surface area contributed by atoms with Crippen LogP contribution in [0.25, 0.3) is 0 Å². The molecule has 2 rings (SSSR count). The molecule has 19 heavy (non-hydrogen) atoms. The van der Waals surface area contributed by atoms with Gasteiger partial charge in [0, 0.05) is 32.8 Å². The first kappa shape index (κ1) is 14.0. The van der Waals surface area contributed by atoms with Gasteiger partial charge in [-0.25, -0.2) is 13.1 Å². The number of carbonyl (C=O) groups is 1. The van der Waals surface area contributed by atoms with E-state index in [-0.39, 0.29) is 23.5 Å². The van der Waals surface area contributed by atoms with Crippen LogP contribution in [0.5, 0.6) is 0 Å². The SMILES string of the molecule is CC(=O)N1CCO[C@H](CNS(=O)(=O)c2cn[nH]c2)C1. The molecule has 0 spiro atoms. The van der Waals surface area contributed by atoms with Gasteiger partial charge in [0.25, 0.3) is 0 Å². The topological polar surface area (TPSA) is 104 Å². The molecular formula is C10H16N4O4S. The standard InChI is InChI=1S/C10H16N4O4S/c1-8(15)14-2-3-18-9(7-14)4-13-19(16,17)10-5-11-12-6-10/h5-6,9,13H,2-4,7H2,1H3,(H,11,12)/t9-/m1/s1. The van der Waals surface area contributed by atoms with E-state index in [2.05, 4.69) is 14.9 Å². The summed E-state index contributed by atoms with van der Waals surface area (Å²) in [6.45, 7) is 2.95. The number of hydrogen-bond donors (Lipinski definition) is 2. The fourth-order valence-electron chi connectivity index (χ4n) is 1.80. The Balaban J connectivity index is 1.90. The Morgan fingerprint density at radius 2 is 2.47 bits per heavy atom. The quantitative estimate of drug-likeness (QED) is 0.734. The van der Waals surface area contributed by atoms with E-state index in [0.717, 1.165) is 0 Å². The lowest BCUT2D eigenvalue weighted by Crippen LogP contribution is -2.48. The largest absolute Gasteiger partial charge is 0.373 e. The number of H-pyrrole nitrogens is 1. The number of nitrogens with zero attached hydrogens (tertiary/aromatic N) is 2. The second-order valence-electron chi connectivity index (χ2n) is 4.24. The normalized spacial score (nSPS) is 20.5. The first-order chi connectivity index (χ1) is 8.99. The van der Waals surface area contributed by atoms with E-state index in [1.807, 2.05) is 0 Å². The van der Waals surface area contributed by atoms with Crippen LogP contribution in [0.4, 0.5) is 0 Å². The number of hydrogen-bond acceptors (Lipinski definition) is 5. The second-order valence-corrected chi connectivity index (χ2v) is 6.01. The number of ether oxygens (including phenoxy) is 1. The van der Waals surface area contributed by atoms with Crippen molar-refractivity contribution in [2.45, 2.75) is 17.9 Å². The van der Waals surface area contributed by atoms with Crippen molar-refractivity contribution in [2.24, 2.45) is 0 Å². The number of carbonyl (C=O) groups excluding carboxylic acids is 1. The number of amides is 1. The Labute approximate surface area is 111 Å². The Bertz CT molecular complexity index is 528. The molecule has 1 aromatic rings. The molecule has 0 radical (unpaired) electrons. The van der Waals surface area contributed by atoms with Crippen molar-refractivity contribution >= 4 is 15.9 Å². The zero-order valence-corrected chi connectivity index (χ0v) is 11.3. The van der Waals surface area contributed by atoms with Crippen molar-refractivity contribution in [1.29, 1.82) is 0 Å². The molecule has 0 saturated carbocycles. The molecule has 0 aromatic carbocycles. The van der Waals surface area contributed by atoms with E-state index >= 15 is 0 Å². The summed E-state index contributed by atoms with van der Waals surface area (Å²) in [5.74, 6) is -0.0361. The highest BCUT2D eigenvalue weighted by molar-refractivity contribution is 7.89. The minimum absolute atomic E-state index is 0.0361. The van der Waals surface area contributed by atoms with Gasteiger partial charge >= 0.3 is 0 Å². The second kappa shape index (κ2) is 5.68. The fourth-order valence-corrected chi connectivity index (χ4v) is 2.77. The Hall–Kier alpha value is -1.45. The maximum Gasteiger partial charge on any atom is 0.243 e. The van der Waals surface area contributed by atoms with Gasteiger partial charge in [0.05, 0.1) is 18.9 Å². The van der Waals surface area contributed by atoms with Crippen LogP contribution < -0.4 is 4.72 Å². The fraction of sp³-hybridized carbons (Fsp3) is 0.600. The van der Waals surface area contributed by atoms with Gasteiger partial charge in [0.1, 0.15) is 4.90 Å².